The van der Waals surface area contributed by atoms with E-state index in [-0.39, 0.29) is 11.8 Å². The molecule has 1 aliphatic heterocycles. The van der Waals surface area contributed by atoms with Gasteiger partial charge in [-0.3, -0.25) is 4.79 Å². The van der Waals surface area contributed by atoms with Gasteiger partial charge in [0.2, 0.25) is 5.91 Å². The summed E-state index contributed by atoms with van der Waals surface area (Å²) in [4.78, 5) is 22.8. The molecule has 1 amide bonds. The largest absolute Gasteiger partial charge is 0.464 e. The van der Waals surface area contributed by atoms with Crippen LogP contribution in [0, 0.1) is 5.92 Å². The van der Waals surface area contributed by atoms with Crippen molar-refractivity contribution >= 4 is 11.9 Å². The second kappa shape index (κ2) is 5.70. The Morgan fingerprint density at radius 2 is 2.33 bits per heavy atom. The minimum Gasteiger partial charge on any atom is -0.464 e. The maximum atomic E-state index is 11.6. The van der Waals surface area contributed by atoms with Crippen molar-refractivity contribution in [3.8, 4) is 0 Å². The van der Waals surface area contributed by atoms with Gasteiger partial charge in [-0.05, 0) is 20.3 Å². The van der Waals surface area contributed by atoms with Gasteiger partial charge < -0.3 is 14.8 Å². The normalized spacial score (nSPS) is 22.1. The van der Waals surface area contributed by atoms with Crippen LogP contribution in [0.25, 0.3) is 0 Å². The van der Waals surface area contributed by atoms with Gasteiger partial charge in [0.05, 0.1) is 19.1 Å². The quantitative estimate of drug-likeness (QED) is 0.675. The van der Waals surface area contributed by atoms with Crippen LogP contribution in [0.4, 0.5) is 0 Å². The van der Waals surface area contributed by atoms with Crippen LogP contribution in [0.3, 0.4) is 0 Å². The van der Waals surface area contributed by atoms with Crippen molar-refractivity contribution in [1.29, 1.82) is 0 Å². The van der Waals surface area contributed by atoms with Crippen LogP contribution in [0.15, 0.2) is 0 Å². The van der Waals surface area contributed by atoms with Crippen LogP contribution >= 0.6 is 0 Å². The summed E-state index contributed by atoms with van der Waals surface area (Å²) in [5, 5.41) is 2.61. The van der Waals surface area contributed by atoms with Crippen molar-refractivity contribution in [1.82, 2.24) is 5.32 Å². The monoisotopic (exact) mass is 215 g/mol. The van der Waals surface area contributed by atoms with E-state index in [1.807, 2.05) is 0 Å². The van der Waals surface area contributed by atoms with Crippen molar-refractivity contribution in [3.05, 3.63) is 0 Å². The SMILES string of the molecule is CCOC(=O)C(C)NC(=O)C1CCOC1. The van der Waals surface area contributed by atoms with Gasteiger partial charge in [0.25, 0.3) is 0 Å². The molecule has 0 spiro atoms. The molecule has 5 nitrogen and oxygen atoms in total. The van der Waals surface area contributed by atoms with Crippen LogP contribution in [0.2, 0.25) is 0 Å². The van der Waals surface area contributed by atoms with Crippen molar-refractivity contribution in [3.63, 3.8) is 0 Å². The lowest BCUT2D eigenvalue weighted by Gasteiger charge is -2.14. The lowest BCUT2D eigenvalue weighted by molar-refractivity contribution is -0.147. The first-order chi connectivity index (χ1) is 7.15. The summed E-state index contributed by atoms with van der Waals surface area (Å²) in [7, 11) is 0. The third-order valence-electron chi connectivity index (χ3n) is 2.30. The maximum Gasteiger partial charge on any atom is 0.328 e. The highest BCUT2D eigenvalue weighted by Crippen LogP contribution is 2.12. The molecule has 1 N–H and O–H groups in total. The molecule has 1 heterocycles. The molecule has 0 aliphatic carbocycles. The Bertz CT molecular complexity index is 236. The molecule has 2 unspecified atom stereocenters. The molecule has 1 rings (SSSR count). The molecule has 0 radical (unpaired) electrons. The minimum absolute atomic E-state index is 0.123. The summed E-state index contributed by atoms with van der Waals surface area (Å²) < 4.78 is 9.87. The number of esters is 1. The Hall–Kier alpha value is -1.10. The van der Waals surface area contributed by atoms with Gasteiger partial charge in [-0.15, -0.1) is 0 Å². The smallest absolute Gasteiger partial charge is 0.328 e. The molecule has 0 aromatic carbocycles. The molecule has 0 aromatic heterocycles. The van der Waals surface area contributed by atoms with E-state index >= 15 is 0 Å². The van der Waals surface area contributed by atoms with Crippen molar-refractivity contribution in [2.75, 3.05) is 19.8 Å². The molecule has 1 fully saturated rings. The maximum absolute atomic E-state index is 11.6. The fraction of sp³-hybridized carbons (Fsp3) is 0.800. The van der Waals surface area contributed by atoms with Crippen LogP contribution in [-0.4, -0.2) is 37.7 Å². The van der Waals surface area contributed by atoms with Gasteiger partial charge in [-0.1, -0.05) is 0 Å². The lowest BCUT2D eigenvalue weighted by atomic mass is 10.1. The summed E-state index contributed by atoms with van der Waals surface area (Å²) in [6.07, 6.45) is 0.724. The average Bonchev–Trinajstić information content (AvgIpc) is 2.70. The van der Waals surface area contributed by atoms with Gasteiger partial charge >= 0.3 is 5.97 Å². The minimum atomic E-state index is -0.585. The molecule has 0 aromatic rings. The van der Waals surface area contributed by atoms with E-state index in [0.29, 0.717) is 19.8 Å². The predicted octanol–water partition coefficient (Wildman–Crippen LogP) is 0.0907. The number of hydrogen-bond donors (Lipinski definition) is 1. The Labute approximate surface area is 89.1 Å². The van der Waals surface area contributed by atoms with Crippen LogP contribution in [0.1, 0.15) is 20.3 Å². The highest BCUT2D eigenvalue weighted by molar-refractivity contribution is 5.85. The third-order valence-corrected chi connectivity index (χ3v) is 2.30. The van der Waals surface area contributed by atoms with Crippen LogP contribution in [0.5, 0.6) is 0 Å². The van der Waals surface area contributed by atoms with Crippen molar-refractivity contribution in [2.45, 2.75) is 26.3 Å². The summed E-state index contributed by atoms with van der Waals surface area (Å²) in [6, 6.07) is -0.585. The highest BCUT2D eigenvalue weighted by atomic mass is 16.5. The number of ether oxygens (including phenoxy) is 2. The zero-order chi connectivity index (χ0) is 11.3. The van der Waals surface area contributed by atoms with E-state index in [4.69, 9.17) is 9.47 Å². The van der Waals surface area contributed by atoms with Crippen LogP contribution < -0.4 is 5.32 Å². The Morgan fingerprint density at radius 1 is 1.60 bits per heavy atom. The second-order valence-electron chi connectivity index (χ2n) is 3.54. The van der Waals surface area contributed by atoms with Gasteiger partial charge in [-0.2, -0.15) is 0 Å². The fourth-order valence-corrected chi connectivity index (χ4v) is 1.40. The number of carbonyl (C=O) groups is 2. The van der Waals surface area contributed by atoms with E-state index in [1.165, 1.54) is 0 Å². The van der Waals surface area contributed by atoms with E-state index < -0.39 is 12.0 Å². The average molecular weight is 215 g/mol. The third kappa shape index (κ3) is 3.51. The Kier molecular flexibility index (Phi) is 4.55. The summed E-state index contributed by atoms with van der Waals surface area (Å²) in [5.74, 6) is -0.653. The lowest BCUT2D eigenvalue weighted by Crippen LogP contribution is -2.42. The van der Waals surface area contributed by atoms with Gasteiger partial charge in [0.1, 0.15) is 6.04 Å². The number of amides is 1. The van der Waals surface area contributed by atoms with Gasteiger partial charge in [0.15, 0.2) is 0 Å². The fourth-order valence-electron chi connectivity index (χ4n) is 1.40. The van der Waals surface area contributed by atoms with Crippen molar-refractivity contribution < 1.29 is 19.1 Å². The number of carbonyl (C=O) groups excluding carboxylic acids is 2. The first-order valence-corrected chi connectivity index (χ1v) is 5.20. The van der Waals surface area contributed by atoms with E-state index in [9.17, 15) is 9.59 Å². The predicted molar refractivity (Wildman–Crippen MR) is 53.2 cm³/mol. The summed E-state index contributed by atoms with van der Waals surface area (Å²) in [5.41, 5.74) is 0. The number of rotatable bonds is 4. The molecular formula is C10H17NO4. The van der Waals surface area contributed by atoms with E-state index in [0.717, 1.165) is 6.42 Å². The number of hydrogen-bond acceptors (Lipinski definition) is 4. The molecule has 0 bridgehead atoms. The Morgan fingerprint density at radius 3 is 2.87 bits per heavy atom. The molecule has 0 saturated carbocycles. The molecule has 15 heavy (non-hydrogen) atoms. The zero-order valence-corrected chi connectivity index (χ0v) is 9.12. The van der Waals surface area contributed by atoms with Crippen LogP contribution in [-0.2, 0) is 19.1 Å². The van der Waals surface area contributed by atoms with Gasteiger partial charge in [0, 0.05) is 6.61 Å². The molecule has 1 saturated heterocycles. The molecule has 1 aliphatic rings. The second-order valence-corrected chi connectivity index (χ2v) is 3.54. The highest BCUT2D eigenvalue weighted by Gasteiger charge is 2.26. The molecular weight excluding hydrogens is 198 g/mol. The van der Waals surface area contributed by atoms with E-state index in [1.54, 1.807) is 13.8 Å². The standard InChI is InChI=1S/C10H17NO4/c1-3-15-10(13)7(2)11-9(12)8-4-5-14-6-8/h7-8H,3-6H2,1-2H3,(H,11,12). The molecule has 5 heteroatoms. The van der Waals surface area contributed by atoms with Gasteiger partial charge in [-0.25, -0.2) is 4.79 Å². The summed E-state index contributed by atoms with van der Waals surface area (Å²) >= 11 is 0. The molecule has 86 valence electrons. The zero-order valence-electron chi connectivity index (χ0n) is 9.12. The van der Waals surface area contributed by atoms with Crippen molar-refractivity contribution in [2.24, 2.45) is 5.92 Å². The number of nitrogens with one attached hydrogen (secondary N) is 1. The molecule has 2 atom stereocenters. The van der Waals surface area contributed by atoms with E-state index in [2.05, 4.69) is 5.32 Å². The topological polar surface area (TPSA) is 64.6 Å². The first-order valence-electron chi connectivity index (χ1n) is 5.20. The Balaban J connectivity index is 2.33. The first kappa shape index (κ1) is 12.0. The summed E-state index contributed by atoms with van der Waals surface area (Å²) in [6.45, 7) is 4.74.